The summed E-state index contributed by atoms with van der Waals surface area (Å²) in [7, 11) is 0. The van der Waals surface area contributed by atoms with E-state index in [-0.39, 0.29) is 6.10 Å². The van der Waals surface area contributed by atoms with Crippen LogP contribution in [0, 0.1) is 5.92 Å². The van der Waals surface area contributed by atoms with Crippen LogP contribution >= 0.6 is 11.3 Å². The van der Waals surface area contributed by atoms with E-state index in [4.69, 9.17) is 4.98 Å². The molecule has 1 atom stereocenters. The number of β-amino-alcohol motifs (C(OH)–C–C–N with tert-alkyl or cyclic N) is 1. The Balaban J connectivity index is 1.53. The quantitative estimate of drug-likeness (QED) is 0.820. The van der Waals surface area contributed by atoms with Gasteiger partial charge in [0.2, 0.25) is 0 Å². The van der Waals surface area contributed by atoms with Gasteiger partial charge in [-0.05, 0) is 38.1 Å². The number of rotatable bonds is 6. The highest BCUT2D eigenvalue weighted by molar-refractivity contribution is 7.09. The predicted octanol–water partition coefficient (Wildman–Crippen LogP) is 2.04. The van der Waals surface area contributed by atoms with Gasteiger partial charge >= 0.3 is 0 Å². The van der Waals surface area contributed by atoms with Crippen molar-refractivity contribution < 1.29 is 10.2 Å². The molecule has 0 amide bonds. The number of hydrogen-bond acceptors (Lipinski definition) is 6. The Kier molecular flexibility index (Phi) is 5.93. The summed E-state index contributed by atoms with van der Waals surface area (Å²) in [4.78, 5) is 9.43. The first-order valence-corrected chi connectivity index (χ1v) is 10.1. The van der Waals surface area contributed by atoms with Crippen LogP contribution < -0.4 is 0 Å². The molecule has 0 saturated carbocycles. The van der Waals surface area contributed by atoms with E-state index in [2.05, 4.69) is 23.6 Å². The number of aliphatic hydroxyl groups is 2. The van der Waals surface area contributed by atoms with Gasteiger partial charge in [0.25, 0.3) is 0 Å². The Labute approximate surface area is 149 Å². The second-order valence-corrected chi connectivity index (χ2v) is 8.80. The Morgan fingerprint density at radius 2 is 2.04 bits per heavy atom. The normalized spacial score (nSPS) is 25.6. The van der Waals surface area contributed by atoms with Crippen molar-refractivity contribution in [3.05, 3.63) is 16.1 Å². The molecule has 0 radical (unpaired) electrons. The summed E-state index contributed by atoms with van der Waals surface area (Å²) in [6, 6.07) is 0. The van der Waals surface area contributed by atoms with Gasteiger partial charge in [-0.3, -0.25) is 4.90 Å². The van der Waals surface area contributed by atoms with Crippen molar-refractivity contribution in [2.75, 3.05) is 32.7 Å². The van der Waals surface area contributed by atoms with Gasteiger partial charge in [0, 0.05) is 31.6 Å². The van der Waals surface area contributed by atoms with Crippen LogP contribution in [0.1, 0.15) is 50.2 Å². The topological polar surface area (TPSA) is 59.8 Å². The fourth-order valence-corrected chi connectivity index (χ4v) is 4.52. The van der Waals surface area contributed by atoms with E-state index in [0.717, 1.165) is 75.2 Å². The number of nitrogens with zero attached hydrogens (tertiary/aromatic N) is 3. The zero-order valence-corrected chi connectivity index (χ0v) is 15.8. The Morgan fingerprint density at radius 1 is 1.29 bits per heavy atom. The van der Waals surface area contributed by atoms with Gasteiger partial charge in [0.15, 0.2) is 0 Å². The van der Waals surface area contributed by atoms with Gasteiger partial charge in [-0.1, -0.05) is 13.8 Å². The van der Waals surface area contributed by atoms with Gasteiger partial charge in [-0.25, -0.2) is 4.98 Å². The van der Waals surface area contributed by atoms with Gasteiger partial charge in [0.05, 0.1) is 18.3 Å². The zero-order valence-electron chi connectivity index (χ0n) is 14.9. The molecule has 2 fully saturated rings. The lowest BCUT2D eigenvalue weighted by Crippen LogP contribution is -2.43. The van der Waals surface area contributed by atoms with Crippen LogP contribution in [0.25, 0.3) is 0 Å². The zero-order chi connectivity index (χ0) is 17.2. The molecule has 6 heteroatoms. The standard InChI is InChI=1S/C18H31N3O2S/c1-14(2)3-7-20-9-5-18(23,6-10-20)16-13-24-17(19-16)12-21-8-4-15(22)11-21/h13-15,22-23H,3-12H2,1-2H3/t15-/m1/s1. The van der Waals surface area contributed by atoms with Crippen molar-refractivity contribution in [1.82, 2.24) is 14.8 Å². The minimum Gasteiger partial charge on any atom is -0.392 e. The molecule has 0 aliphatic carbocycles. The first-order valence-electron chi connectivity index (χ1n) is 9.24. The Bertz CT molecular complexity index is 526. The summed E-state index contributed by atoms with van der Waals surface area (Å²) < 4.78 is 0. The largest absolute Gasteiger partial charge is 0.392 e. The third kappa shape index (κ3) is 4.55. The van der Waals surface area contributed by atoms with Crippen LogP contribution in [-0.4, -0.2) is 63.8 Å². The van der Waals surface area contributed by atoms with E-state index in [9.17, 15) is 10.2 Å². The molecule has 0 spiro atoms. The smallest absolute Gasteiger partial charge is 0.110 e. The second kappa shape index (κ2) is 7.79. The monoisotopic (exact) mass is 353 g/mol. The van der Waals surface area contributed by atoms with Gasteiger partial charge in [-0.15, -0.1) is 11.3 Å². The fraction of sp³-hybridized carbons (Fsp3) is 0.833. The second-order valence-electron chi connectivity index (χ2n) is 7.86. The average Bonchev–Trinajstić information content (AvgIpc) is 3.17. The highest BCUT2D eigenvalue weighted by atomic mass is 32.1. The molecule has 136 valence electrons. The summed E-state index contributed by atoms with van der Waals surface area (Å²) >= 11 is 1.64. The molecular formula is C18H31N3O2S. The van der Waals surface area contributed by atoms with Crippen molar-refractivity contribution in [3.8, 4) is 0 Å². The maximum Gasteiger partial charge on any atom is 0.110 e. The molecular weight excluding hydrogens is 322 g/mol. The highest BCUT2D eigenvalue weighted by Gasteiger charge is 2.36. The number of hydrogen-bond donors (Lipinski definition) is 2. The first-order chi connectivity index (χ1) is 11.4. The molecule has 0 unspecified atom stereocenters. The molecule has 5 nitrogen and oxygen atoms in total. The summed E-state index contributed by atoms with van der Waals surface area (Å²) in [6.07, 6.45) is 3.44. The first kappa shape index (κ1) is 18.3. The minimum atomic E-state index is -0.756. The number of thiazole rings is 1. The summed E-state index contributed by atoms with van der Waals surface area (Å²) in [5.74, 6) is 0.732. The van der Waals surface area contributed by atoms with Crippen LogP contribution in [0.5, 0.6) is 0 Å². The lowest BCUT2D eigenvalue weighted by Gasteiger charge is -2.37. The maximum absolute atomic E-state index is 11.0. The molecule has 0 aromatic carbocycles. The Morgan fingerprint density at radius 3 is 2.67 bits per heavy atom. The number of likely N-dealkylation sites (tertiary alicyclic amines) is 2. The lowest BCUT2D eigenvalue weighted by atomic mass is 9.88. The van der Waals surface area contributed by atoms with Crippen LogP contribution in [0.2, 0.25) is 0 Å². The number of aliphatic hydroxyl groups excluding tert-OH is 1. The third-order valence-electron chi connectivity index (χ3n) is 5.34. The molecule has 24 heavy (non-hydrogen) atoms. The summed E-state index contributed by atoms with van der Waals surface area (Å²) in [6.45, 7) is 10.0. The minimum absolute atomic E-state index is 0.191. The van der Waals surface area contributed by atoms with Crippen molar-refractivity contribution in [2.45, 2.75) is 57.8 Å². The third-order valence-corrected chi connectivity index (χ3v) is 6.17. The predicted molar refractivity (Wildman–Crippen MR) is 97.0 cm³/mol. The van der Waals surface area contributed by atoms with Crippen LogP contribution in [-0.2, 0) is 12.1 Å². The van der Waals surface area contributed by atoms with Gasteiger partial charge in [0.1, 0.15) is 10.6 Å². The molecule has 2 saturated heterocycles. The highest BCUT2D eigenvalue weighted by Crippen LogP contribution is 2.34. The van der Waals surface area contributed by atoms with E-state index in [1.165, 1.54) is 6.42 Å². The van der Waals surface area contributed by atoms with Crippen LogP contribution in [0.4, 0.5) is 0 Å². The molecule has 2 aliphatic rings. The molecule has 1 aromatic heterocycles. The average molecular weight is 354 g/mol. The van der Waals surface area contributed by atoms with Crippen LogP contribution in [0.15, 0.2) is 5.38 Å². The van der Waals surface area contributed by atoms with Gasteiger partial charge in [-0.2, -0.15) is 0 Å². The molecule has 2 aliphatic heterocycles. The van der Waals surface area contributed by atoms with E-state index >= 15 is 0 Å². The van der Waals surface area contributed by atoms with Crippen molar-refractivity contribution in [2.24, 2.45) is 5.92 Å². The number of aromatic nitrogens is 1. The summed E-state index contributed by atoms with van der Waals surface area (Å²) in [5.41, 5.74) is 0.0962. The number of piperidine rings is 1. The molecule has 3 rings (SSSR count). The maximum atomic E-state index is 11.0. The van der Waals surface area contributed by atoms with Crippen molar-refractivity contribution in [3.63, 3.8) is 0 Å². The lowest BCUT2D eigenvalue weighted by molar-refractivity contribution is -0.0296. The molecule has 2 N–H and O–H groups in total. The van der Waals surface area contributed by atoms with E-state index in [1.54, 1.807) is 11.3 Å². The Hall–Kier alpha value is -0.530. The van der Waals surface area contributed by atoms with Crippen molar-refractivity contribution in [1.29, 1.82) is 0 Å². The van der Waals surface area contributed by atoms with E-state index in [0.29, 0.717) is 0 Å². The van der Waals surface area contributed by atoms with Crippen LogP contribution in [0.3, 0.4) is 0 Å². The van der Waals surface area contributed by atoms with E-state index in [1.807, 2.05) is 5.38 Å². The van der Waals surface area contributed by atoms with E-state index < -0.39 is 5.60 Å². The summed E-state index contributed by atoms with van der Waals surface area (Å²) in [5, 5.41) is 23.7. The van der Waals surface area contributed by atoms with Gasteiger partial charge < -0.3 is 15.1 Å². The molecule has 0 bridgehead atoms. The fourth-order valence-electron chi connectivity index (χ4n) is 3.59. The van der Waals surface area contributed by atoms with Crippen molar-refractivity contribution >= 4 is 11.3 Å². The SMILES string of the molecule is CC(C)CCN1CCC(O)(c2csc(CN3CC[C@@H](O)C3)n2)CC1. The molecule has 1 aromatic rings. The molecule has 3 heterocycles.